The molecule has 0 spiro atoms. The summed E-state index contributed by atoms with van der Waals surface area (Å²) in [5.41, 5.74) is 0. The van der Waals surface area contributed by atoms with E-state index in [1.54, 1.807) is 0 Å². The normalized spacial score (nSPS) is 23.0. The average molecular weight is 409 g/mol. The number of Topliss-reactive ketones (excluding diaryl/α,β-unsaturated/α-hetero) is 1. The molecule has 0 N–H and O–H groups in total. The Balaban J connectivity index is 2.14. The number of cyclic esters (lactones) is 1. The van der Waals surface area contributed by atoms with Crippen molar-refractivity contribution in [2.45, 2.75) is 148 Å². The topological polar surface area (TPSA) is 43.4 Å². The zero-order chi connectivity index (χ0) is 20.8. The largest absolute Gasteiger partial charge is 0.466 e. The lowest BCUT2D eigenvalue weighted by molar-refractivity contribution is -0.143. The maximum Gasteiger partial charge on any atom is 0.305 e. The summed E-state index contributed by atoms with van der Waals surface area (Å²) in [6.45, 7) is 0.478. The second-order valence-corrected chi connectivity index (χ2v) is 9.08. The second-order valence-electron chi connectivity index (χ2n) is 9.08. The minimum Gasteiger partial charge on any atom is -0.466 e. The highest BCUT2D eigenvalue weighted by Gasteiger charge is 2.05. The molecule has 3 nitrogen and oxygen atoms in total. The molecule has 0 aromatic carbocycles. The Morgan fingerprint density at radius 1 is 0.379 bits per heavy atom. The standard InChI is InChI=1S/C26H48O3/c27-25-21-17-15-13-11-9-7-5-3-1-2-4-6-8-10-12-14-16-18-23-26(28)29-24-20-19-22-25/h1-24H2. The Kier molecular flexibility index (Phi) is 18.4. The van der Waals surface area contributed by atoms with Crippen LogP contribution < -0.4 is 0 Å². The average Bonchev–Trinajstić information content (AvgIpc) is 2.71. The molecule has 0 radical (unpaired) electrons. The van der Waals surface area contributed by atoms with Crippen LogP contribution in [0.4, 0.5) is 0 Å². The predicted molar refractivity (Wildman–Crippen MR) is 122 cm³/mol. The number of carbonyl (C=O) groups excluding carboxylic acids is 2. The molecule has 1 aliphatic heterocycles. The van der Waals surface area contributed by atoms with Gasteiger partial charge in [0.15, 0.2) is 0 Å². The van der Waals surface area contributed by atoms with Gasteiger partial charge in [-0.25, -0.2) is 0 Å². The Labute approximate surface area is 180 Å². The third kappa shape index (κ3) is 18.9. The van der Waals surface area contributed by atoms with Gasteiger partial charge in [-0.2, -0.15) is 0 Å². The Morgan fingerprint density at radius 3 is 1.10 bits per heavy atom. The fourth-order valence-electron chi connectivity index (χ4n) is 4.23. The first kappa shape index (κ1) is 26.2. The molecule has 1 rings (SSSR count). The van der Waals surface area contributed by atoms with Crippen LogP contribution in [-0.4, -0.2) is 18.4 Å². The van der Waals surface area contributed by atoms with E-state index in [-0.39, 0.29) is 5.97 Å². The highest BCUT2D eigenvalue weighted by Crippen LogP contribution is 2.15. The van der Waals surface area contributed by atoms with Crippen LogP contribution >= 0.6 is 0 Å². The van der Waals surface area contributed by atoms with E-state index in [2.05, 4.69) is 0 Å². The summed E-state index contributed by atoms with van der Waals surface area (Å²) in [6, 6.07) is 0. The van der Waals surface area contributed by atoms with Gasteiger partial charge in [-0.05, 0) is 25.7 Å². The molecule has 0 amide bonds. The van der Waals surface area contributed by atoms with E-state index in [1.807, 2.05) is 0 Å². The maximum absolute atomic E-state index is 11.9. The molecular weight excluding hydrogens is 360 g/mol. The first-order valence-electron chi connectivity index (χ1n) is 13.0. The fourth-order valence-corrected chi connectivity index (χ4v) is 4.23. The van der Waals surface area contributed by atoms with Crippen molar-refractivity contribution in [1.29, 1.82) is 0 Å². The molecule has 1 heterocycles. The van der Waals surface area contributed by atoms with Crippen molar-refractivity contribution in [1.82, 2.24) is 0 Å². The third-order valence-corrected chi connectivity index (χ3v) is 6.20. The Hall–Kier alpha value is -0.860. The number of ketones is 1. The van der Waals surface area contributed by atoms with Gasteiger partial charge in [0.05, 0.1) is 6.61 Å². The van der Waals surface area contributed by atoms with Crippen molar-refractivity contribution in [2.24, 2.45) is 0 Å². The Morgan fingerprint density at radius 2 is 0.690 bits per heavy atom. The van der Waals surface area contributed by atoms with Crippen molar-refractivity contribution >= 4 is 11.8 Å². The zero-order valence-electron chi connectivity index (χ0n) is 19.2. The van der Waals surface area contributed by atoms with Crippen molar-refractivity contribution in [2.75, 3.05) is 6.61 Å². The van der Waals surface area contributed by atoms with Gasteiger partial charge in [0.2, 0.25) is 0 Å². The summed E-state index contributed by atoms with van der Waals surface area (Å²) < 4.78 is 5.30. The maximum atomic E-state index is 11.9. The van der Waals surface area contributed by atoms with Crippen LogP contribution in [0.3, 0.4) is 0 Å². The smallest absolute Gasteiger partial charge is 0.305 e. The van der Waals surface area contributed by atoms with Crippen LogP contribution in [0, 0.1) is 0 Å². The van der Waals surface area contributed by atoms with Crippen molar-refractivity contribution < 1.29 is 14.3 Å². The lowest BCUT2D eigenvalue weighted by Crippen LogP contribution is -2.06. The van der Waals surface area contributed by atoms with Gasteiger partial charge in [-0.3, -0.25) is 9.59 Å². The molecule has 29 heavy (non-hydrogen) atoms. The number of hydrogen-bond donors (Lipinski definition) is 0. The van der Waals surface area contributed by atoms with E-state index in [4.69, 9.17) is 4.74 Å². The lowest BCUT2D eigenvalue weighted by atomic mass is 10.0. The number of carbonyl (C=O) groups is 2. The van der Waals surface area contributed by atoms with Gasteiger partial charge in [0, 0.05) is 19.3 Å². The number of rotatable bonds is 0. The van der Waals surface area contributed by atoms with Gasteiger partial charge in [-0.15, -0.1) is 0 Å². The van der Waals surface area contributed by atoms with Gasteiger partial charge in [-0.1, -0.05) is 103 Å². The van der Waals surface area contributed by atoms with E-state index >= 15 is 0 Å². The molecule has 3 heteroatoms. The molecular formula is C26H48O3. The third-order valence-electron chi connectivity index (χ3n) is 6.20. The minimum absolute atomic E-state index is 0.0614. The fraction of sp³-hybridized carbons (Fsp3) is 0.923. The van der Waals surface area contributed by atoms with Crippen molar-refractivity contribution in [3.8, 4) is 0 Å². The van der Waals surface area contributed by atoms with E-state index in [1.165, 1.54) is 96.3 Å². The summed E-state index contributed by atoms with van der Waals surface area (Å²) in [5, 5.41) is 0. The lowest BCUT2D eigenvalue weighted by Gasteiger charge is -2.05. The van der Waals surface area contributed by atoms with E-state index < -0.39 is 0 Å². The van der Waals surface area contributed by atoms with Crippen molar-refractivity contribution in [3.05, 3.63) is 0 Å². The van der Waals surface area contributed by atoms with Gasteiger partial charge in [0.25, 0.3) is 0 Å². The minimum atomic E-state index is -0.0614. The van der Waals surface area contributed by atoms with Crippen LogP contribution in [0.1, 0.15) is 148 Å². The van der Waals surface area contributed by atoms with Crippen molar-refractivity contribution in [3.63, 3.8) is 0 Å². The molecule has 0 atom stereocenters. The summed E-state index contributed by atoms with van der Waals surface area (Å²) in [5.74, 6) is 0.322. The molecule has 0 aromatic rings. The predicted octanol–water partition coefficient (Wildman–Crippen LogP) is 8.08. The summed E-state index contributed by atoms with van der Waals surface area (Å²) in [6.07, 6.45) is 27.1. The van der Waals surface area contributed by atoms with E-state index in [0.717, 1.165) is 38.5 Å². The van der Waals surface area contributed by atoms with Gasteiger partial charge >= 0.3 is 5.97 Å². The molecule has 1 saturated heterocycles. The van der Waals surface area contributed by atoms with E-state index in [9.17, 15) is 9.59 Å². The summed E-state index contributed by atoms with van der Waals surface area (Å²) in [7, 11) is 0. The van der Waals surface area contributed by atoms with Gasteiger partial charge in [0.1, 0.15) is 5.78 Å². The van der Waals surface area contributed by atoms with E-state index in [0.29, 0.717) is 25.2 Å². The van der Waals surface area contributed by atoms with Crippen LogP contribution in [0.2, 0.25) is 0 Å². The monoisotopic (exact) mass is 408 g/mol. The molecule has 170 valence electrons. The van der Waals surface area contributed by atoms with Gasteiger partial charge < -0.3 is 4.74 Å². The first-order valence-corrected chi connectivity index (χ1v) is 13.0. The molecule has 0 unspecified atom stereocenters. The SMILES string of the molecule is O=C1CCCCCCCCCCCCCCCCCCCCC(=O)OCCCC1. The Bertz CT molecular complexity index is 355. The van der Waals surface area contributed by atoms with Crippen LogP contribution in [0.15, 0.2) is 0 Å². The van der Waals surface area contributed by atoms with Crippen LogP contribution in [0.25, 0.3) is 0 Å². The zero-order valence-corrected chi connectivity index (χ0v) is 19.2. The van der Waals surface area contributed by atoms with Crippen LogP contribution in [-0.2, 0) is 14.3 Å². The first-order chi connectivity index (χ1) is 14.3. The summed E-state index contributed by atoms with van der Waals surface area (Å²) in [4.78, 5) is 23.7. The molecule has 0 aliphatic carbocycles. The number of esters is 1. The molecule has 0 bridgehead atoms. The molecule has 1 fully saturated rings. The second kappa shape index (κ2) is 20.4. The molecule has 0 aromatic heterocycles. The van der Waals surface area contributed by atoms with Crippen LogP contribution in [0.5, 0.6) is 0 Å². The molecule has 1 aliphatic rings. The molecule has 0 saturated carbocycles. The summed E-state index contributed by atoms with van der Waals surface area (Å²) >= 11 is 0. The quantitative estimate of drug-likeness (QED) is 0.380. The number of hydrogen-bond acceptors (Lipinski definition) is 3. The highest BCUT2D eigenvalue weighted by atomic mass is 16.5. The number of ether oxygens (including phenoxy) is 1. The highest BCUT2D eigenvalue weighted by molar-refractivity contribution is 5.78.